The maximum absolute atomic E-state index is 13.9. The van der Waals surface area contributed by atoms with Crippen LogP contribution in [-0.2, 0) is 29.8 Å². The van der Waals surface area contributed by atoms with Crippen LogP contribution in [0, 0.1) is 13.8 Å². The Morgan fingerprint density at radius 3 is 1.88 bits per heavy atom. The topological polar surface area (TPSA) is 38.8 Å². The molecule has 1 amide bonds. The van der Waals surface area contributed by atoms with E-state index in [1.54, 1.807) is 18.2 Å². The van der Waals surface area contributed by atoms with Gasteiger partial charge in [0.25, 0.3) is 0 Å². The molecule has 1 aliphatic heterocycles. The van der Waals surface area contributed by atoms with Crippen LogP contribution in [0.2, 0.25) is 0 Å². The number of hydrogen-bond acceptors (Lipinski definition) is 3. The molecular formula is C35H28F9NO3. The quantitative estimate of drug-likeness (QED) is 0.190. The first-order valence-corrected chi connectivity index (χ1v) is 14.5. The summed E-state index contributed by atoms with van der Waals surface area (Å²) >= 11 is 0. The summed E-state index contributed by atoms with van der Waals surface area (Å²) in [5.74, 6) is 0.308. The number of rotatable bonds is 6. The number of nitrogens with zero attached hydrogens (tertiary/aromatic N) is 1. The first-order chi connectivity index (χ1) is 22.3. The summed E-state index contributed by atoms with van der Waals surface area (Å²) in [7, 11) is 1.38. The van der Waals surface area contributed by atoms with Crippen molar-refractivity contribution in [3.05, 3.63) is 112 Å². The maximum atomic E-state index is 13.9. The molecule has 1 fully saturated rings. The molecule has 1 saturated heterocycles. The summed E-state index contributed by atoms with van der Waals surface area (Å²) in [4.78, 5) is 14.1. The Hall–Kier alpha value is -4.68. The van der Waals surface area contributed by atoms with Gasteiger partial charge in [-0.3, -0.25) is 4.90 Å². The lowest BCUT2D eigenvalue weighted by Gasteiger charge is -2.24. The van der Waals surface area contributed by atoms with E-state index in [0.29, 0.717) is 23.4 Å². The van der Waals surface area contributed by atoms with Crippen LogP contribution in [0.4, 0.5) is 44.3 Å². The monoisotopic (exact) mass is 681 g/mol. The number of halogens is 9. The molecule has 0 bridgehead atoms. The Kier molecular flexibility index (Phi) is 8.95. The lowest BCUT2D eigenvalue weighted by Crippen LogP contribution is -2.32. The van der Waals surface area contributed by atoms with E-state index in [9.17, 15) is 44.3 Å². The molecule has 0 aliphatic carbocycles. The minimum atomic E-state index is -5.14. The molecule has 2 atom stereocenters. The number of amides is 1. The maximum Gasteiger partial charge on any atom is 0.416 e. The number of cyclic esters (lactones) is 1. The van der Waals surface area contributed by atoms with Crippen LogP contribution in [0.1, 0.15) is 52.0 Å². The van der Waals surface area contributed by atoms with Gasteiger partial charge in [0.1, 0.15) is 11.9 Å². The number of ether oxygens (including phenoxy) is 2. The zero-order valence-electron chi connectivity index (χ0n) is 25.9. The highest BCUT2D eigenvalue weighted by molar-refractivity contribution is 5.81. The van der Waals surface area contributed by atoms with Crippen LogP contribution in [0.5, 0.6) is 5.75 Å². The number of aryl methyl sites for hydroxylation is 2. The van der Waals surface area contributed by atoms with Gasteiger partial charge in [0.2, 0.25) is 0 Å². The number of benzene rings is 4. The van der Waals surface area contributed by atoms with Gasteiger partial charge in [-0.05, 0) is 96.6 Å². The van der Waals surface area contributed by atoms with Crippen molar-refractivity contribution in [3.8, 4) is 28.0 Å². The van der Waals surface area contributed by atoms with Crippen molar-refractivity contribution in [3.63, 3.8) is 0 Å². The van der Waals surface area contributed by atoms with E-state index in [1.165, 1.54) is 20.1 Å². The predicted octanol–water partition coefficient (Wildman–Crippen LogP) is 10.8. The molecule has 1 heterocycles. The molecule has 0 radical (unpaired) electrons. The average Bonchev–Trinajstić information content (AvgIpc) is 3.27. The molecule has 0 N–H and O–H groups in total. The van der Waals surface area contributed by atoms with Crippen molar-refractivity contribution in [2.24, 2.45) is 0 Å². The van der Waals surface area contributed by atoms with E-state index in [2.05, 4.69) is 0 Å². The molecule has 4 aromatic rings. The molecule has 13 heteroatoms. The summed E-state index contributed by atoms with van der Waals surface area (Å²) < 4.78 is 134. The van der Waals surface area contributed by atoms with E-state index < -0.39 is 65.6 Å². The van der Waals surface area contributed by atoms with Gasteiger partial charge in [-0.1, -0.05) is 35.9 Å². The highest BCUT2D eigenvalue weighted by Crippen LogP contribution is 2.43. The highest BCUT2D eigenvalue weighted by atomic mass is 19.4. The van der Waals surface area contributed by atoms with Gasteiger partial charge in [0.05, 0.1) is 36.4 Å². The summed E-state index contributed by atoms with van der Waals surface area (Å²) in [6.07, 6.45) is -17.8. The SMILES string of the molecule is COc1ccc(-c2ccc(C)cc2C)cc1-c1ccc(C(F)(F)F)cc1CN1C(=O)O[C@H](c2cc(C(F)(F)F)cc(C(F)(F)F)c2)[C@@H]1C. The lowest BCUT2D eigenvalue weighted by atomic mass is 9.91. The first kappa shape index (κ1) is 34.6. The van der Waals surface area contributed by atoms with Crippen molar-refractivity contribution in [1.82, 2.24) is 4.90 Å². The molecule has 0 saturated carbocycles. The minimum Gasteiger partial charge on any atom is -0.496 e. The summed E-state index contributed by atoms with van der Waals surface area (Å²) in [5, 5.41) is 0. The molecule has 0 unspecified atom stereocenters. The summed E-state index contributed by atoms with van der Waals surface area (Å²) in [6, 6.07) is 13.6. The smallest absolute Gasteiger partial charge is 0.416 e. The number of alkyl halides is 9. The average molecular weight is 682 g/mol. The van der Waals surface area contributed by atoms with Crippen molar-refractivity contribution >= 4 is 6.09 Å². The second-order valence-corrected chi connectivity index (χ2v) is 11.6. The number of carbonyl (C=O) groups is 1. The van der Waals surface area contributed by atoms with Crippen molar-refractivity contribution < 1.29 is 53.8 Å². The van der Waals surface area contributed by atoms with Crippen LogP contribution >= 0.6 is 0 Å². The van der Waals surface area contributed by atoms with Gasteiger partial charge < -0.3 is 9.47 Å². The molecule has 0 spiro atoms. The third kappa shape index (κ3) is 6.95. The van der Waals surface area contributed by atoms with Crippen molar-refractivity contribution in [2.45, 2.75) is 58.0 Å². The van der Waals surface area contributed by atoms with Crippen molar-refractivity contribution in [2.75, 3.05) is 7.11 Å². The fraction of sp³-hybridized carbons (Fsp3) is 0.286. The molecule has 5 rings (SSSR count). The van der Waals surface area contributed by atoms with E-state index in [0.717, 1.165) is 39.3 Å². The third-order valence-electron chi connectivity index (χ3n) is 8.29. The second-order valence-electron chi connectivity index (χ2n) is 11.6. The van der Waals surface area contributed by atoms with Crippen LogP contribution in [0.3, 0.4) is 0 Å². The lowest BCUT2D eigenvalue weighted by molar-refractivity contribution is -0.143. The Morgan fingerprint density at radius 2 is 1.31 bits per heavy atom. The van der Waals surface area contributed by atoms with E-state index >= 15 is 0 Å². The first-order valence-electron chi connectivity index (χ1n) is 14.5. The Morgan fingerprint density at radius 1 is 0.708 bits per heavy atom. The van der Waals surface area contributed by atoms with Gasteiger partial charge in [-0.25, -0.2) is 4.79 Å². The normalized spacial score (nSPS) is 17.1. The second kappa shape index (κ2) is 12.4. The Labute approximate surface area is 269 Å². The Balaban J connectivity index is 1.59. The van der Waals surface area contributed by atoms with Crippen LogP contribution in [0.25, 0.3) is 22.3 Å². The van der Waals surface area contributed by atoms with Crippen LogP contribution in [-0.4, -0.2) is 24.1 Å². The van der Waals surface area contributed by atoms with Gasteiger partial charge in [0, 0.05) is 5.56 Å². The number of carbonyl (C=O) groups excluding carboxylic acids is 1. The van der Waals surface area contributed by atoms with Crippen LogP contribution < -0.4 is 4.74 Å². The van der Waals surface area contributed by atoms with Gasteiger partial charge >= 0.3 is 24.6 Å². The molecule has 0 aromatic heterocycles. The molecule has 48 heavy (non-hydrogen) atoms. The highest BCUT2D eigenvalue weighted by Gasteiger charge is 2.44. The van der Waals surface area contributed by atoms with Crippen molar-refractivity contribution in [1.29, 1.82) is 0 Å². The molecule has 254 valence electrons. The fourth-order valence-corrected chi connectivity index (χ4v) is 5.87. The van der Waals surface area contributed by atoms with E-state index in [4.69, 9.17) is 9.47 Å². The van der Waals surface area contributed by atoms with Gasteiger partial charge in [0.15, 0.2) is 0 Å². The molecule has 4 nitrogen and oxygen atoms in total. The zero-order chi connectivity index (χ0) is 35.3. The largest absolute Gasteiger partial charge is 0.496 e. The number of methoxy groups -OCH3 is 1. The Bertz CT molecular complexity index is 1830. The predicted molar refractivity (Wildman–Crippen MR) is 159 cm³/mol. The van der Waals surface area contributed by atoms with E-state index in [-0.39, 0.29) is 17.2 Å². The number of hydrogen-bond donors (Lipinski definition) is 0. The third-order valence-corrected chi connectivity index (χ3v) is 8.29. The zero-order valence-corrected chi connectivity index (χ0v) is 25.9. The molecule has 1 aliphatic rings. The minimum absolute atomic E-state index is 0.00891. The van der Waals surface area contributed by atoms with Gasteiger partial charge in [-0.2, -0.15) is 39.5 Å². The van der Waals surface area contributed by atoms with Gasteiger partial charge in [-0.15, -0.1) is 0 Å². The molecule has 4 aromatic carbocycles. The summed E-state index contributed by atoms with van der Waals surface area (Å²) in [6.45, 7) is 4.66. The van der Waals surface area contributed by atoms with E-state index in [1.807, 2.05) is 32.0 Å². The van der Waals surface area contributed by atoms with Crippen LogP contribution in [0.15, 0.2) is 72.8 Å². The summed E-state index contributed by atoms with van der Waals surface area (Å²) in [5.41, 5.74) is -0.578. The molecular weight excluding hydrogens is 653 g/mol. The fourth-order valence-electron chi connectivity index (χ4n) is 5.87. The standard InChI is InChI=1S/C35H28F9NO3/c1-18-5-8-27(19(2)11-18)21-6-10-30(47-4)29(15-21)28-9-7-24(33(36,37)38)14-23(28)17-45-20(3)31(48-32(45)46)22-12-25(34(39,40)41)16-26(13-22)35(42,43)44/h5-16,20,31H,17H2,1-4H3/t20-,31-/m0/s1.